The van der Waals surface area contributed by atoms with Crippen molar-refractivity contribution >= 4 is 17.7 Å². The number of methoxy groups -OCH3 is 3. The molecule has 2 heterocycles. The number of furan rings is 1. The Bertz CT molecular complexity index is 691. The topological polar surface area (TPSA) is 61.1 Å². The molecule has 1 atom stereocenters. The molecule has 1 saturated heterocycles. The number of hydrogen-bond acceptors (Lipinski definition) is 6. The predicted octanol–water partition coefficient (Wildman–Crippen LogP) is 3.08. The molecule has 0 radical (unpaired) electrons. The highest BCUT2D eigenvalue weighted by Crippen LogP contribution is 2.42. The van der Waals surface area contributed by atoms with Gasteiger partial charge in [-0.3, -0.25) is 4.79 Å². The first-order valence-corrected chi connectivity index (χ1v) is 8.46. The molecule has 1 unspecified atom stereocenters. The first kappa shape index (κ1) is 16.6. The van der Waals surface area contributed by atoms with Gasteiger partial charge in [-0.1, -0.05) is 0 Å². The summed E-state index contributed by atoms with van der Waals surface area (Å²) in [5.74, 6) is 2.97. The van der Waals surface area contributed by atoms with Gasteiger partial charge in [-0.05, 0) is 29.8 Å². The zero-order valence-electron chi connectivity index (χ0n) is 13.8. The van der Waals surface area contributed by atoms with E-state index in [0.29, 0.717) is 29.5 Å². The molecule has 6 nitrogen and oxygen atoms in total. The Morgan fingerprint density at radius 3 is 2.46 bits per heavy atom. The number of nitrogens with zero attached hydrogens (tertiary/aromatic N) is 1. The Hall–Kier alpha value is -2.28. The van der Waals surface area contributed by atoms with Gasteiger partial charge in [0.25, 0.3) is 0 Å². The molecule has 1 aromatic heterocycles. The number of carbonyl (C=O) groups is 1. The molecule has 24 heavy (non-hydrogen) atoms. The van der Waals surface area contributed by atoms with Gasteiger partial charge in [0.1, 0.15) is 11.1 Å². The summed E-state index contributed by atoms with van der Waals surface area (Å²) in [5, 5.41) is -0.119. The standard InChI is InChI=1S/C17H19NO5S/c1-20-13-7-11(8-14(21-2)16(13)22-3)9-18-15(19)10-24-17(18)12-5-4-6-23-12/h4-8,17H,9-10H2,1-3H3. The number of carbonyl (C=O) groups excluding carboxylic acids is 1. The van der Waals surface area contributed by atoms with E-state index in [-0.39, 0.29) is 11.3 Å². The Kier molecular flexibility index (Phi) is 4.89. The van der Waals surface area contributed by atoms with Crippen molar-refractivity contribution in [2.45, 2.75) is 11.9 Å². The van der Waals surface area contributed by atoms with Crippen molar-refractivity contribution in [3.63, 3.8) is 0 Å². The van der Waals surface area contributed by atoms with Gasteiger partial charge >= 0.3 is 0 Å². The predicted molar refractivity (Wildman–Crippen MR) is 90.6 cm³/mol. The van der Waals surface area contributed by atoms with Gasteiger partial charge in [0, 0.05) is 6.54 Å². The summed E-state index contributed by atoms with van der Waals surface area (Å²) in [5.41, 5.74) is 0.900. The molecular weight excluding hydrogens is 330 g/mol. The van der Waals surface area contributed by atoms with E-state index in [4.69, 9.17) is 18.6 Å². The van der Waals surface area contributed by atoms with Crippen LogP contribution in [-0.2, 0) is 11.3 Å². The number of ether oxygens (including phenoxy) is 3. The van der Waals surface area contributed by atoms with E-state index in [1.54, 1.807) is 44.3 Å². The molecule has 128 valence electrons. The number of thioether (sulfide) groups is 1. The number of benzene rings is 1. The van der Waals surface area contributed by atoms with Crippen molar-refractivity contribution in [1.82, 2.24) is 4.90 Å². The van der Waals surface area contributed by atoms with Crippen LogP contribution < -0.4 is 14.2 Å². The Balaban J connectivity index is 1.90. The van der Waals surface area contributed by atoms with Crippen molar-refractivity contribution < 1.29 is 23.4 Å². The van der Waals surface area contributed by atoms with Crippen molar-refractivity contribution in [3.8, 4) is 17.2 Å². The SMILES string of the molecule is COc1cc(CN2C(=O)CSC2c2ccco2)cc(OC)c1OC. The lowest BCUT2D eigenvalue weighted by Gasteiger charge is -2.23. The van der Waals surface area contributed by atoms with E-state index in [9.17, 15) is 4.79 Å². The first-order chi connectivity index (χ1) is 11.7. The molecule has 0 aliphatic carbocycles. The van der Waals surface area contributed by atoms with E-state index in [1.807, 2.05) is 24.3 Å². The van der Waals surface area contributed by atoms with Crippen molar-refractivity contribution in [2.75, 3.05) is 27.1 Å². The van der Waals surface area contributed by atoms with E-state index < -0.39 is 0 Å². The maximum atomic E-state index is 12.3. The fourth-order valence-corrected chi connectivity index (χ4v) is 3.85. The zero-order chi connectivity index (χ0) is 17.1. The molecule has 0 N–H and O–H groups in total. The lowest BCUT2D eigenvalue weighted by atomic mass is 10.1. The highest BCUT2D eigenvalue weighted by molar-refractivity contribution is 8.00. The number of amides is 1. The van der Waals surface area contributed by atoms with E-state index in [0.717, 1.165) is 11.3 Å². The minimum Gasteiger partial charge on any atom is -0.493 e. The summed E-state index contributed by atoms with van der Waals surface area (Å²) in [6.07, 6.45) is 1.62. The Morgan fingerprint density at radius 2 is 1.92 bits per heavy atom. The maximum absolute atomic E-state index is 12.3. The van der Waals surface area contributed by atoms with Gasteiger partial charge in [-0.15, -0.1) is 11.8 Å². The van der Waals surface area contributed by atoms with Crippen LogP contribution in [0, 0.1) is 0 Å². The third kappa shape index (κ3) is 3.03. The molecule has 0 saturated carbocycles. The minimum absolute atomic E-state index is 0.0788. The third-order valence-corrected chi connectivity index (χ3v) is 5.05. The first-order valence-electron chi connectivity index (χ1n) is 7.41. The van der Waals surface area contributed by atoms with Crippen LogP contribution in [0.3, 0.4) is 0 Å². The molecule has 1 fully saturated rings. The highest BCUT2D eigenvalue weighted by Gasteiger charge is 2.34. The summed E-state index contributed by atoms with van der Waals surface area (Å²) in [7, 11) is 4.71. The van der Waals surface area contributed by atoms with Gasteiger partial charge in [0.05, 0.1) is 33.3 Å². The van der Waals surface area contributed by atoms with Crippen molar-refractivity contribution in [2.24, 2.45) is 0 Å². The number of hydrogen-bond donors (Lipinski definition) is 0. The number of rotatable bonds is 6. The quantitative estimate of drug-likeness (QED) is 0.799. The smallest absolute Gasteiger partial charge is 0.234 e. The molecular formula is C17H19NO5S. The average Bonchev–Trinajstić information content (AvgIpc) is 3.24. The van der Waals surface area contributed by atoms with Crippen LogP contribution in [0.25, 0.3) is 0 Å². The summed E-state index contributed by atoms with van der Waals surface area (Å²) >= 11 is 1.56. The molecule has 1 aliphatic rings. The van der Waals surface area contributed by atoms with Crippen LogP contribution in [-0.4, -0.2) is 37.9 Å². The van der Waals surface area contributed by atoms with Crippen molar-refractivity contribution in [1.29, 1.82) is 0 Å². The van der Waals surface area contributed by atoms with Gasteiger partial charge in [0.15, 0.2) is 11.5 Å². The van der Waals surface area contributed by atoms with Crippen LogP contribution in [0.2, 0.25) is 0 Å². The summed E-state index contributed by atoms with van der Waals surface area (Å²) in [6, 6.07) is 7.43. The van der Waals surface area contributed by atoms with E-state index in [2.05, 4.69) is 0 Å². The highest BCUT2D eigenvalue weighted by atomic mass is 32.2. The van der Waals surface area contributed by atoms with Crippen LogP contribution in [0.5, 0.6) is 17.2 Å². The maximum Gasteiger partial charge on any atom is 0.234 e. The Morgan fingerprint density at radius 1 is 1.21 bits per heavy atom. The van der Waals surface area contributed by atoms with Crippen LogP contribution >= 0.6 is 11.8 Å². The molecule has 0 bridgehead atoms. The fraction of sp³-hybridized carbons (Fsp3) is 0.353. The Labute approximate surface area is 144 Å². The van der Waals surface area contributed by atoms with Crippen LogP contribution in [0.4, 0.5) is 0 Å². The second kappa shape index (κ2) is 7.09. The molecule has 1 aromatic carbocycles. The monoisotopic (exact) mass is 349 g/mol. The largest absolute Gasteiger partial charge is 0.493 e. The lowest BCUT2D eigenvalue weighted by molar-refractivity contribution is -0.128. The van der Waals surface area contributed by atoms with Gasteiger partial charge in [-0.25, -0.2) is 0 Å². The van der Waals surface area contributed by atoms with Gasteiger partial charge in [0.2, 0.25) is 11.7 Å². The molecule has 3 rings (SSSR count). The van der Waals surface area contributed by atoms with E-state index in [1.165, 1.54) is 0 Å². The lowest BCUT2D eigenvalue weighted by Crippen LogP contribution is -2.27. The van der Waals surface area contributed by atoms with Crippen molar-refractivity contribution in [3.05, 3.63) is 41.9 Å². The normalized spacial score (nSPS) is 17.2. The summed E-state index contributed by atoms with van der Waals surface area (Å²) in [6.45, 7) is 0.438. The van der Waals surface area contributed by atoms with Gasteiger partial charge in [-0.2, -0.15) is 0 Å². The van der Waals surface area contributed by atoms with Crippen LogP contribution in [0.15, 0.2) is 34.9 Å². The fourth-order valence-electron chi connectivity index (χ4n) is 2.72. The molecule has 1 amide bonds. The zero-order valence-corrected chi connectivity index (χ0v) is 14.6. The van der Waals surface area contributed by atoms with Crippen LogP contribution in [0.1, 0.15) is 16.7 Å². The molecule has 0 spiro atoms. The van der Waals surface area contributed by atoms with Gasteiger partial charge < -0.3 is 23.5 Å². The third-order valence-electron chi connectivity index (χ3n) is 3.83. The molecule has 7 heteroatoms. The second-order valence-electron chi connectivity index (χ2n) is 5.23. The molecule has 1 aliphatic heterocycles. The minimum atomic E-state index is -0.119. The average molecular weight is 349 g/mol. The molecule has 2 aromatic rings. The second-order valence-corrected chi connectivity index (χ2v) is 6.30. The van der Waals surface area contributed by atoms with E-state index >= 15 is 0 Å². The summed E-state index contributed by atoms with van der Waals surface area (Å²) in [4.78, 5) is 14.1. The summed E-state index contributed by atoms with van der Waals surface area (Å²) < 4.78 is 21.6.